The van der Waals surface area contributed by atoms with Crippen LogP contribution in [0, 0.1) is 5.92 Å². The molecule has 0 saturated heterocycles. The molecule has 0 unspecified atom stereocenters. The van der Waals surface area contributed by atoms with Crippen LogP contribution in [0.4, 0.5) is 0 Å². The summed E-state index contributed by atoms with van der Waals surface area (Å²) in [5, 5.41) is 11.6. The summed E-state index contributed by atoms with van der Waals surface area (Å²) in [6.07, 6.45) is 5.80. The van der Waals surface area contributed by atoms with Crippen molar-refractivity contribution in [1.82, 2.24) is 20.1 Å². The quantitative estimate of drug-likeness (QED) is 0.631. The average molecular weight is 278 g/mol. The first-order valence-corrected chi connectivity index (χ1v) is 7.61. The molecule has 1 aromatic rings. The molecule has 0 aliphatic carbocycles. The zero-order valence-electron chi connectivity index (χ0n) is 12.6. The lowest BCUT2D eigenvalue weighted by molar-refractivity contribution is 0.576. The van der Waals surface area contributed by atoms with Crippen molar-refractivity contribution >= 4 is 5.96 Å². The minimum atomic E-state index is 0.497. The number of nitrogens with zero attached hydrogens (tertiary/aromatic N) is 4. The highest BCUT2D eigenvalue weighted by Crippen LogP contribution is 2.14. The van der Waals surface area contributed by atoms with Crippen molar-refractivity contribution in [3.63, 3.8) is 0 Å². The molecule has 2 heterocycles. The number of aryl methyl sites for hydroxylation is 1. The van der Waals surface area contributed by atoms with Gasteiger partial charge in [0.1, 0.15) is 12.4 Å². The van der Waals surface area contributed by atoms with E-state index in [0.717, 1.165) is 37.6 Å². The maximum Gasteiger partial charge on any atom is 0.189 e. The SMILES string of the molecule is CC(C)CCNC(N)=NCc1nnc2n1CCCCC2. The molecule has 0 saturated carbocycles. The van der Waals surface area contributed by atoms with Gasteiger partial charge in [-0.05, 0) is 25.2 Å². The summed E-state index contributed by atoms with van der Waals surface area (Å²) in [7, 11) is 0. The minimum Gasteiger partial charge on any atom is -0.370 e. The number of aromatic nitrogens is 3. The van der Waals surface area contributed by atoms with E-state index in [9.17, 15) is 0 Å². The molecule has 0 bridgehead atoms. The summed E-state index contributed by atoms with van der Waals surface area (Å²) in [4.78, 5) is 4.36. The third kappa shape index (κ3) is 4.21. The van der Waals surface area contributed by atoms with Gasteiger partial charge >= 0.3 is 0 Å². The van der Waals surface area contributed by atoms with Gasteiger partial charge in [0.2, 0.25) is 0 Å². The average Bonchev–Trinajstić information content (AvgIpc) is 2.64. The summed E-state index contributed by atoms with van der Waals surface area (Å²) in [5.41, 5.74) is 5.86. The molecule has 0 amide bonds. The summed E-state index contributed by atoms with van der Waals surface area (Å²) < 4.78 is 2.21. The smallest absolute Gasteiger partial charge is 0.189 e. The van der Waals surface area contributed by atoms with E-state index in [1.807, 2.05) is 0 Å². The molecule has 1 aliphatic rings. The lowest BCUT2D eigenvalue weighted by Gasteiger charge is -2.08. The number of hydrogen-bond acceptors (Lipinski definition) is 3. The first-order valence-electron chi connectivity index (χ1n) is 7.61. The number of rotatable bonds is 5. The van der Waals surface area contributed by atoms with Crippen LogP contribution in [0.25, 0.3) is 0 Å². The highest BCUT2D eigenvalue weighted by Gasteiger charge is 2.13. The minimum absolute atomic E-state index is 0.497. The van der Waals surface area contributed by atoms with E-state index >= 15 is 0 Å². The van der Waals surface area contributed by atoms with Crippen LogP contribution in [0.1, 0.15) is 51.2 Å². The van der Waals surface area contributed by atoms with Gasteiger partial charge in [0.25, 0.3) is 0 Å². The number of nitrogens with one attached hydrogen (secondary N) is 1. The number of aliphatic imine (C=N–C) groups is 1. The van der Waals surface area contributed by atoms with Gasteiger partial charge < -0.3 is 15.6 Å². The van der Waals surface area contributed by atoms with Crippen molar-refractivity contribution in [2.24, 2.45) is 16.6 Å². The molecule has 0 spiro atoms. The van der Waals surface area contributed by atoms with Gasteiger partial charge in [-0.25, -0.2) is 4.99 Å². The Kier molecular flexibility index (Phi) is 5.38. The number of fused-ring (bicyclic) bond motifs is 1. The van der Waals surface area contributed by atoms with E-state index in [4.69, 9.17) is 5.73 Å². The third-order valence-electron chi connectivity index (χ3n) is 3.60. The van der Waals surface area contributed by atoms with Gasteiger partial charge in [0.15, 0.2) is 11.8 Å². The van der Waals surface area contributed by atoms with Crippen molar-refractivity contribution in [3.05, 3.63) is 11.6 Å². The van der Waals surface area contributed by atoms with E-state index in [1.165, 1.54) is 19.3 Å². The molecule has 1 aliphatic heterocycles. The van der Waals surface area contributed by atoms with Crippen LogP contribution in [-0.4, -0.2) is 27.3 Å². The van der Waals surface area contributed by atoms with E-state index in [1.54, 1.807) is 0 Å². The molecule has 6 heteroatoms. The summed E-state index contributed by atoms with van der Waals surface area (Å²) in [5.74, 6) is 3.19. The summed E-state index contributed by atoms with van der Waals surface area (Å²) >= 11 is 0. The fourth-order valence-corrected chi connectivity index (χ4v) is 2.36. The van der Waals surface area contributed by atoms with Crippen LogP contribution < -0.4 is 11.1 Å². The molecular weight excluding hydrogens is 252 g/mol. The summed E-state index contributed by atoms with van der Waals surface area (Å²) in [6.45, 7) is 6.77. The van der Waals surface area contributed by atoms with Gasteiger partial charge in [0.05, 0.1) is 0 Å². The molecule has 2 rings (SSSR count). The topological polar surface area (TPSA) is 81.1 Å². The second-order valence-corrected chi connectivity index (χ2v) is 5.81. The molecule has 112 valence electrons. The normalized spacial score (nSPS) is 16.1. The molecule has 6 nitrogen and oxygen atoms in total. The zero-order valence-corrected chi connectivity index (χ0v) is 12.6. The monoisotopic (exact) mass is 278 g/mol. The van der Waals surface area contributed by atoms with Crippen LogP contribution in [0.3, 0.4) is 0 Å². The standard InChI is InChI=1S/C14H26N6/c1-11(2)7-8-16-14(15)17-10-13-19-18-12-6-4-3-5-9-20(12)13/h11H,3-10H2,1-2H3,(H3,15,16,17). The Bertz CT molecular complexity index is 449. The van der Waals surface area contributed by atoms with Crippen molar-refractivity contribution in [2.45, 2.75) is 59.0 Å². The van der Waals surface area contributed by atoms with Gasteiger partial charge in [0, 0.05) is 19.5 Å². The lowest BCUT2D eigenvalue weighted by Crippen LogP contribution is -2.33. The fraction of sp³-hybridized carbons (Fsp3) is 0.786. The van der Waals surface area contributed by atoms with Crippen molar-refractivity contribution in [2.75, 3.05) is 6.54 Å². The van der Waals surface area contributed by atoms with Gasteiger partial charge in [-0.15, -0.1) is 10.2 Å². The first kappa shape index (κ1) is 14.8. The third-order valence-corrected chi connectivity index (χ3v) is 3.60. The second-order valence-electron chi connectivity index (χ2n) is 5.81. The first-order chi connectivity index (χ1) is 9.66. The van der Waals surface area contributed by atoms with Crippen LogP contribution >= 0.6 is 0 Å². The van der Waals surface area contributed by atoms with E-state index in [0.29, 0.717) is 18.4 Å². The molecule has 20 heavy (non-hydrogen) atoms. The second kappa shape index (κ2) is 7.26. The van der Waals surface area contributed by atoms with Gasteiger partial charge in [-0.2, -0.15) is 0 Å². The summed E-state index contributed by atoms with van der Waals surface area (Å²) in [6, 6.07) is 0. The van der Waals surface area contributed by atoms with E-state index < -0.39 is 0 Å². The maximum absolute atomic E-state index is 5.86. The molecule has 3 N–H and O–H groups in total. The lowest BCUT2D eigenvalue weighted by atomic mass is 10.1. The molecule has 0 fully saturated rings. The molecule has 0 aromatic carbocycles. The fourth-order valence-electron chi connectivity index (χ4n) is 2.36. The maximum atomic E-state index is 5.86. The van der Waals surface area contributed by atoms with Crippen LogP contribution in [0.2, 0.25) is 0 Å². The number of nitrogens with two attached hydrogens (primary N) is 1. The Labute approximate surface area is 120 Å². The highest BCUT2D eigenvalue weighted by atomic mass is 15.3. The van der Waals surface area contributed by atoms with Gasteiger partial charge in [-0.3, -0.25) is 0 Å². The number of guanidine groups is 1. The van der Waals surface area contributed by atoms with E-state index in [-0.39, 0.29) is 0 Å². The van der Waals surface area contributed by atoms with Crippen molar-refractivity contribution < 1.29 is 0 Å². The predicted octanol–water partition coefficient (Wildman–Crippen LogP) is 1.45. The van der Waals surface area contributed by atoms with Crippen LogP contribution in [0.15, 0.2) is 4.99 Å². The molecular formula is C14H26N6. The predicted molar refractivity (Wildman–Crippen MR) is 80.4 cm³/mol. The molecule has 0 atom stereocenters. The zero-order chi connectivity index (χ0) is 14.4. The van der Waals surface area contributed by atoms with Gasteiger partial charge in [-0.1, -0.05) is 20.3 Å². The molecule has 0 radical (unpaired) electrons. The number of hydrogen-bond donors (Lipinski definition) is 2. The van der Waals surface area contributed by atoms with Crippen molar-refractivity contribution in [3.8, 4) is 0 Å². The highest BCUT2D eigenvalue weighted by molar-refractivity contribution is 5.77. The Hall–Kier alpha value is -1.59. The van der Waals surface area contributed by atoms with Crippen LogP contribution in [0.5, 0.6) is 0 Å². The van der Waals surface area contributed by atoms with E-state index in [2.05, 4.69) is 38.9 Å². The Morgan fingerprint density at radius 2 is 2.20 bits per heavy atom. The molecule has 1 aromatic heterocycles. The van der Waals surface area contributed by atoms with Crippen LogP contribution in [-0.2, 0) is 19.5 Å². The Morgan fingerprint density at radius 3 is 3.00 bits per heavy atom. The van der Waals surface area contributed by atoms with Crippen molar-refractivity contribution in [1.29, 1.82) is 0 Å². The Morgan fingerprint density at radius 1 is 1.35 bits per heavy atom. The largest absolute Gasteiger partial charge is 0.370 e. The Balaban J connectivity index is 1.88.